The lowest BCUT2D eigenvalue weighted by Crippen LogP contribution is -2.15. The minimum atomic E-state index is 0.169. The molecule has 18 heavy (non-hydrogen) atoms. The van der Waals surface area contributed by atoms with E-state index < -0.39 is 0 Å². The van der Waals surface area contributed by atoms with Crippen molar-refractivity contribution < 1.29 is 9.47 Å². The molecule has 4 nitrogen and oxygen atoms in total. The van der Waals surface area contributed by atoms with Gasteiger partial charge >= 0.3 is 0 Å². The molecule has 0 saturated heterocycles. The molecule has 4 heteroatoms. The Kier molecular flexibility index (Phi) is 3.61. The van der Waals surface area contributed by atoms with E-state index in [1.807, 2.05) is 18.2 Å². The number of nitriles is 1. The molecule has 1 aromatic carbocycles. The minimum Gasteiger partial charge on any atom is -0.497 e. The van der Waals surface area contributed by atoms with Gasteiger partial charge in [-0.2, -0.15) is 5.26 Å². The lowest BCUT2D eigenvalue weighted by Gasteiger charge is -2.16. The number of ether oxygens (including phenoxy) is 2. The van der Waals surface area contributed by atoms with Gasteiger partial charge in [-0.1, -0.05) is 0 Å². The molecule has 0 unspecified atom stereocenters. The van der Waals surface area contributed by atoms with Crippen molar-refractivity contribution >= 4 is 5.69 Å². The second-order valence-corrected chi connectivity index (χ2v) is 4.75. The lowest BCUT2D eigenvalue weighted by atomic mass is 10.0. The van der Waals surface area contributed by atoms with E-state index in [0.29, 0.717) is 6.42 Å². The van der Waals surface area contributed by atoms with E-state index in [0.717, 1.165) is 36.6 Å². The minimum absolute atomic E-state index is 0.169. The summed E-state index contributed by atoms with van der Waals surface area (Å²) >= 11 is 0. The summed E-state index contributed by atoms with van der Waals surface area (Å²) < 4.78 is 10.5. The first-order valence-corrected chi connectivity index (χ1v) is 6.06. The Morgan fingerprint density at radius 3 is 2.67 bits per heavy atom. The number of hydrogen-bond acceptors (Lipinski definition) is 4. The molecule has 0 aromatic heterocycles. The highest BCUT2D eigenvalue weighted by Gasteiger charge is 2.42. The van der Waals surface area contributed by atoms with Crippen molar-refractivity contribution in [3.05, 3.63) is 18.2 Å². The van der Waals surface area contributed by atoms with Gasteiger partial charge in [0.2, 0.25) is 0 Å². The molecule has 0 amide bonds. The molecule has 1 N–H and O–H groups in total. The van der Waals surface area contributed by atoms with E-state index in [9.17, 15) is 0 Å². The molecule has 0 radical (unpaired) electrons. The molecule has 0 bridgehead atoms. The van der Waals surface area contributed by atoms with Gasteiger partial charge in [0.15, 0.2) is 0 Å². The molecular formula is C14H18N2O2. The Hall–Kier alpha value is -1.89. The summed E-state index contributed by atoms with van der Waals surface area (Å²) in [6.07, 6.45) is 2.87. The molecule has 0 aliphatic heterocycles. The van der Waals surface area contributed by atoms with Crippen LogP contribution in [-0.2, 0) is 0 Å². The van der Waals surface area contributed by atoms with Crippen LogP contribution in [0.3, 0.4) is 0 Å². The van der Waals surface area contributed by atoms with Crippen LogP contribution in [-0.4, -0.2) is 20.8 Å². The maximum Gasteiger partial charge on any atom is 0.142 e. The fraction of sp³-hybridized carbons (Fsp3) is 0.500. The van der Waals surface area contributed by atoms with Crippen molar-refractivity contribution in [2.24, 2.45) is 5.41 Å². The summed E-state index contributed by atoms with van der Waals surface area (Å²) in [5, 5.41) is 12.2. The molecule has 1 aliphatic rings. The molecule has 2 rings (SSSR count). The van der Waals surface area contributed by atoms with Gasteiger partial charge in [0.25, 0.3) is 0 Å². The molecule has 0 spiro atoms. The van der Waals surface area contributed by atoms with Crippen LogP contribution in [0.1, 0.15) is 19.3 Å². The summed E-state index contributed by atoms with van der Waals surface area (Å²) in [6, 6.07) is 7.93. The number of nitrogens with zero attached hydrogens (tertiary/aromatic N) is 1. The number of anilines is 1. The third-order valence-corrected chi connectivity index (χ3v) is 3.47. The average Bonchev–Trinajstić information content (AvgIpc) is 3.16. The van der Waals surface area contributed by atoms with E-state index in [1.165, 1.54) is 0 Å². The monoisotopic (exact) mass is 246 g/mol. The SMILES string of the molecule is COc1ccc(OC)c(NCC2(CC#N)CC2)c1. The summed E-state index contributed by atoms with van der Waals surface area (Å²) in [5.74, 6) is 1.59. The normalized spacial score (nSPS) is 15.6. The fourth-order valence-electron chi connectivity index (χ4n) is 2.00. The van der Waals surface area contributed by atoms with E-state index >= 15 is 0 Å². The highest BCUT2D eigenvalue weighted by molar-refractivity contribution is 5.60. The first-order chi connectivity index (χ1) is 8.73. The van der Waals surface area contributed by atoms with Gasteiger partial charge in [-0.3, -0.25) is 0 Å². The topological polar surface area (TPSA) is 54.3 Å². The van der Waals surface area contributed by atoms with Crippen LogP contribution in [0.25, 0.3) is 0 Å². The van der Waals surface area contributed by atoms with Crippen LogP contribution in [0.5, 0.6) is 11.5 Å². The molecule has 1 saturated carbocycles. The van der Waals surface area contributed by atoms with Crippen LogP contribution < -0.4 is 14.8 Å². The Bertz CT molecular complexity index is 461. The Morgan fingerprint density at radius 1 is 1.33 bits per heavy atom. The van der Waals surface area contributed by atoms with E-state index in [4.69, 9.17) is 14.7 Å². The predicted octanol–water partition coefficient (Wildman–Crippen LogP) is 2.81. The zero-order chi connectivity index (χ0) is 13.0. The largest absolute Gasteiger partial charge is 0.497 e. The van der Waals surface area contributed by atoms with E-state index in [2.05, 4.69) is 11.4 Å². The van der Waals surface area contributed by atoms with Gasteiger partial charge in [-0.05, 0) is 25.0 Å². The summed E-state index contributed by atoms with van der Waals surface area (Å²) in [7, 11) is 3.29. The molecule has 1 fully saturated rings. The van der Waals surface area contributed by atoms with Gasteiger partial charge in [0.05, 0.1) is 26.0 Å². The van der Waals surface area contributed by atoms with Crippen molar-refractivity contribution in [3.63, 3.8) is 0 Å². The van der Waals surface area contributed by atoms with Crippen molar-refractivity contribution in [3.8, 4) is 17.6 Å². The standard InChI is InChI=1S/C14H18N2O2/c1-17-11-3-4-13(18-2)12(9-11)16-10-14(5-6-14)7-8-15/h3-4,9,16H,5-7,10H2,1-2H3. The van der Waals surface area contributed by atoms with E-state index in [1.54, 1.807) is 14.2 Å². The lowest BCUT2D eigenvalue weighted by molar-refractivity contribution is 0.404. The third kappa shape index (κ3) is 2.67. The predicted molar refractivity (Wildman–Crippen MR) is 69.9 cm³/mol. The zero-order valence-electron chi connectivity index (χ0n) is 10.8. The number of hydrogen-bond donors (Lipinski definition) is 1. The zero-order valence-corrected chi connectivity index (χ0v) is 10.8. The van der Waals surface area contributed by atoms with Gasteiger partial charge in [0, 0.05) is 24.4 Å². The molecule has 1 aliphatic carbocycles. The second-order valence-electron chi connectivity index (χ2n) is 4.75. The molecule has 1 aromatic rings. The van der Waals surface area contributed by atoms with Gasteiger partial charge in [0.1, 0.15) is 11.5 Å². The highest BCUT2D eigenvalue weighted by Crippen LogP contribution is 2.48. The summed E-state index contributed by atoms with van der Waals surface area (Å²) in [4.78, 5) is 0. The molecule has 0 atom stereocenters. The van der Waals surface area contributed by atoms with Crippen LogP contribution in [0.2, 0.25) is 0 Å². The van der Waals surface area contributed by atoms with Crippen LogP contribution in [0.15, 0.2) is 18.2 Å². The number of nitrogens with one attached hydrogen (secondary N) is 1. The van der Waals surface area contributed by atoms with Crippen molar-refractivity contribution in [2.45, 2.75) is 19.3 Å². The maximum atomic E-state index is 8.80. The summed E-state index contributed by atoms with van der Waals surface area (Å²) in [5.41, 5.74) is 1.09. The van der Waals surface area contributed by atoms with Crippen molar-refractivity contribution in [1.82, 2.24) is 0 Å². The van der Waals surface area contributed by atoms with Gasteiger partial charge in [-0.25, -0.2) is 0 Å². The number of benzene rings is 1. The van der Waals surface area contributed by atoms with Crippen LogP contribution >= 0.6 is 0 Å². The Morgan fingerprint density at radius 2 is 2.11 bits per heavy atom. The Labute approximate surface area is 108 Å². The van der Waals surface area contributed by atoms with E-state index in [-0.39, 0.29) is 5.41 Å². The van der Waals surface area contributed by atoms with Crippen molar-refractivity contribution in [1.29, 1.82) is 5.26 Å². The average molecular weight is 246 g/mol. The first-order valence-electron chi connectivity index (χ1n) is 6.06. The smallest absolute Gasteiger partial charge is 0.142 e. The fourth-order valence-corrected chi connectivity index (χ4v) is 2.00. The van der Waals surface area contributed by atoms with Gasteiger partial charge in [-0.15, -0.1) is 0 Å². The summed E-state index contributed by atoms with van der Waals surface area (Å²) in [6.45, 7) is 0.810. The maximum absolute atomic E-state index is 8.80. The quantitative estimate of drug-likeness (QED) is 0.838. The highest BCUT2D eigenvalue weighted by atomic mass is 16.5. The molecule has 96 valence electrons. The Balaban J connectivity index is 2.06. The van der Waals surface area contributed by atoms with Gasteiger partial charge < -0.3 is 14.8 Å². The second kappa shape index (κ2) is 5.18. The number of methoxy groups -OCH3 is 2. The molecular weight excluding hydrogens is 228 g/mol. The first kappa shape index (κ1) is 12.6. The van der Waals surface area contributed by atoms with Crippen LogP contribution in [0, 0.1) is 16.7 Å². The third-order valence-electron chi connectivity index (χ3n) is 3.47. The van der Waals surface area contributed by atoms with Crippen LogP contribution in [0.4, 0.5) is 5.69 Å². The number of rotatable bonds is 6. The molecule has 0 heterocycles. The van der Waals surface area contributed by atoms with Crippen molar-refractivity contribution in [2.75, 3.05) is 26.1 Å².